The van der Waals surface area contributed by atoms with E-state index in [1.807, 2.05) is 12.1 Å². The monoisotopic (exact) mass is 274 g/mol. The third kappa shape index (κ3) is 2.85. The summed E-state index contributed by atoms with van der Waals surface area (Å²) in [5.74, 6) is 1.86. The summed E-state index contributed by atoms with van der Waals surface area (Å²) in [6.07, 6.45) is 0.891. The van der Waals surface area contributed by atoms with Crippen LogP contribution in [0.3, 0.4) is 0 Å². The summed E-state index contributed by atoms with van der Waals surface area (Å²) in [7, 11) is 3.28. The Labute approximate surface area is 119 Å². The van der Waals surface area contributed by atoms with Crippen molar-refractivity contribution in [2.24, 2.45) is 11.7 Å². The van der Waals surface area contributed by atoms with Crippen LogP contribution >= 0.6 is 0 Å². The lowest BCUT2D eigenvalue weighted by molar-refractivity contribution is 0.355. The Morgan fingerprint density at radius 1 is 1.15 bits per heavy atom. The van der Waals surface area contributed by atoms with Crippen LogP contribution in [0, 0.1) is 12.8 Å². The third-order valence-corrected chi connectivity index (χ3v) is 3.53. The Hall–Kier alpha value is -1.81. The molecule has 0 saturated heterocycles. The van der Waals surface area contributed by atoms with Gasteiger partial charge in [-0.3, -0.25) is 4.98 Å². The maximum absolute atomic E-state index is 5.69. The zero-order chi connectivity index (χ0) is 14.7. The summed E-state index contributed by atoms with van der Waals surface area (Å²) in [6.45, 7) is 4.90. The van der Waals surface area contributed by atoms with E-state index in [1.54, 1.807) is 14.2 Å². The molecule has 0 amide bonds. The normalized spacial score (nSPS) is 12.4. The molecule has 2 N–H and O–H groups in total. The first kappa shape index (κ1) is 14.6. The molecule has 0 aliphatic rings. The lowest BCUT2D eigenvalue weighted by Gasteiger charge is -2.13. The summed E-state index contributed by atoms with van der Waals surface area (Å²) >= 11 is 0. The van der Waals surface area contributed by atoms with Gasteiger partial charge in [0.25, 0.3) is 0 Å². The van der Waals surface area contributed by atoms with Gasteiger partial charge >= 0.3 is 0 Å². The Balaban J connectivity index is 2.53. The van der Waals surface area contributed by atoms with Gasteiger partial charge in [0.05, 0.1) is 19.7 Å². The standard InChI is InChI=1S/C16H22N2O2/c1-10(9-17)5-12-6-11(2)13-7-15(19-3)16(20-4)8-14(13)18-12/h6-8,10H,5,9,17H2,1-4H3. The highest BCUT2D eigenvalue weighted by molar-refractivity contribution is 5.85. The number of hydrogen-bond acceptors (Lipinski definition) is 4. The number of ether oxygens (including phenoxy) is 2. The third-order valence-electron chi connectivity index (χ3n) is 3.53. The lowest BCUT2D eigenvalue weighted by atomic mass is 10.0. The molecule has 1 unspecified atom stereocenters. The number of nitrogens with two attached hydrogens (primary N) is 1. The summed E-state index contributed by atoms with van der Waals surface area (Å²) in [5, 5.41) is 1.09. The Bertz CT molecular complexity index is 611. The molecule has 0 bridgehead atoms. The van der Waals surface area contributed by atoms with Gasteiger partial charge in [-0.2, -0.15) is 0 Å². The van der Waals surface area contributed by atoms with Crippen LogP contribution in [0.2, 0.25) is 0 Å². The fraction of sp³-hybridized carbons (Fsp3) is 0.438. The number of rotatable bonds is 5. The number of aromatic nitrogens is 1. The molecule has 0 aliphatic carbocycles. The fourth-order valence-corrected chi connectivity index (χ4v) is 2.34. The van der Waals surface area contributed by atoms with Crippen molar-refractivity contribution >= 4 is 10.9 Å². The second-order valence-electron chi connectivity index (χ2n) is 5.20. The Morgan fingerprint density at radius 3 is 2.40 bits per heavy atom. The number of pyridine rings is 1. The van der Waals surface area contributed by atoms with Gasteiger partial charge < -0.3 is 15.2 Å². The van der Waals surface area contributed by atoms with E-state index >= 15 is 0 Å². The van der Waals surface area contributed by atoms with E-state index in [-0.39, 0.29) is 0 Å². The molecule has 108 valence electrons. The first-order chi connectivity index (χ1) is 9.58. The van der Waals surface area contributed by atoms with Crippen LogP contribution in [-0.4, -0.2) is 25.7 Å². The lowest BCUT2D eigenvalue weighted by Crippen LogP contribution is -2.14. The number of aryl methyl sites for hydroxylation is 1. The average Bonchev–Trinajstić information content (AvgIpc) is 2.45. The summed E-state index contributed by atoms with van der Waals surface area (Å²) in [4.78, 5) is 4.72. The minimum Gasteiger partial charge on any atom is -0.493 e. The largest absolute Gasteiger partial charge is 0.493 e. The quantitative estimate of drug-likeness (QED) is 0.910. The van der Waals surface area contributed by atoms with Crippen molar-refractivity contribution in [3.8, 4) is 11.5 Å². The average molecular weight is 274 g/mol. The van der Waals surface area contributed by atoms with E-state index in [2.05, 4.69) is 19.9 Å². The molecule has 2 rings (SSSR count). The first-order valence-corrected chi connectivity index (χ1v) is 6.81. The second kappa shape index (κ2) is 6.09. The van der Waals surface area contributed by atoms with E-state index < -0.39 is 0 Å². The van der Waals surface area contributed by atoms with E-state index in [0.29, 0.717) is 18.2 Å². The highest BCUT2D eigenvalue weighted by atomic mass is 16.5. The van der Waals surface area contributed by atoms with E-state index in [1.165, 1.54) is 5.56 Å². The SMILES string of the molecule is COc1cc2nc(CC(C)CN)cc(C)c2cc1OC. The molecule has 1 heterocycles. The van der Waals surface area contributed by atoms with E-state index in [4.69, 9.17) is 20.2 Å². The highest BCUT2D eigenvalue weighted by Gasteiger charge is 2.11. The van der Waals surface area contributed by atoms with Crippen molar-refractivity contribution in [1.29, 1.82) is 0 Å². The Kier molecular flexibility index (Phi) is 4.45. The van der Waals surface area contributed by atoms with Gasteiger partial charge in [0.15, 0.2) is 11.5 Å². The maximum atomic E-state index is 5.69. The number of fused-ring (bicyclic) bond motifs is 1. The molecule has 1 aromatic heterocycles. The van der Waals surface area contributed by atoms with E-state index in [0.717, 1.165) is 28.8 Å². The molecule has 4 heteroatoms. The van der Waals surface area contributed by atoms with Crippen molar-refractivity contribution in [2.45, 2.75) is 20.3 Å². The van der Waals surface area contributed by atoms with Gasteiger partial charge in [0.1, 0.15) is 0 Å². The first-order valence-electron chi connectivity index (χ1n) is 6.81. The van der Waals surface area contributed by atoms with Crippen molar-refractivity contribution in [3.63, 3.8) is 0 Å². The maximum Gasteiger partial charge on any atom is 0.162 e. The van der Waals surface area contributed by atoms with Gasteiger partial charge in [-0.1, -0.05) is 6.92 Å². The van der Waals surface area contributed by atoms with Crippen LogP contribution in [0.15, 0.2) is 18.2 Å². The van der Waals surface area contributed by atoms with Crippen LogP contribution < -0.4 is 15.2 Å². The zero-order valence-corrected chi connectivity index (χ0v) is 12.6. The molecule has 1 atom stereocenters. The van der Waals surface area contributed by atoms with Crippen molar-refractivity contribution in [1.82, 2.24) is 4.98 Å². The number of hydrogen-bond donors (Lipinski definition) is 1. The van der Waals surface area contributed by atoms with Crippen LogP contribution in [0.25, 0.3) is 10.9 Å². The predicted octanol–water partition coefficient (Wildman–Crippen LogP) is 2.70. The topological polar surface area (TPSA) is 57.4 Å². The number of nitrogens with zero attached hydrogens (tertiary/aromatic N) is 1. The minimum atomic E-state index is 0.430. The molecule has 4 nitrogen and oxygen atoms in total. The summed E-state index contributed by atoms with van der Waals surface area (Å²) in [5.41, 5.74) is 8.88. The molecule has 0 radical (unpaired) electrons. The van der Waals surface area contributed by atoms with Gasteiger partial charge in [-0.25, -0.2) is 0 Å². The molecular weight excluding hydrogens is 252 g/mol. The second-order valence-corrected chi connectivity index (χ2v) is 5.20. The fourth-order valence-electron chi connectivity index (χ4n) is 2.34. The highest BCUT2D eigenvalue weighted by Crippen LogP contribution is 2.33. The number of benzene rings is 1. The van der Waals surface area contributed by atoms with Crippen LogP contribution in [0.1, 0.15) is 18.2 Å². The molecular formula is C16H22N2O2. The van der Waals surface area contributed by atoms with Crippen LogP contribution in [-0.2, 0) is 6.42 Å². The molecule has 1 aromatic carbocycles. The van der Waals surface area contributed by atoms with E-state index in [9.17, 15) is 0 Å². The van der Waals surface area contributed by atoms with Gasteiger partial charge in [0, 0.05) is 17.1 Å². The van der Waals surface area contributed by atoms with Crippen molar-refractivity contribution in [3.05, 3.63) is 29.5 Å². The minimum absolute atomic E-state index is 0.430. The molecule has 0 aliphatic heterocycles. The molecule has 0 saturated carbocycles. The smallest absolute Gasteiger partial charge is 0.162 e. The number of methoxy groups -OCH3 is 2. The van der Waals surface area contributed by atoms with Crippen molar-refractivity contribution < 1.29 is 9.47 Å². The summed E-state index contributed by atoms with van der Waals surface area (Å²) in [6, 6.07) is 6.03. The van der Waals surface area contributed by atoms with Gasteiger partial charge in [-0.05, 0) is 43.5 Å². The molecule has 0 fully saturated rings. The predicted molar refractivity (Wildman–Crippen MR) is 81.5 cm³/mol. The van der Waals surface area contributed by atoms with Gasteiger partial charge in [0.2, 0.25) is 0 Å². The molecule has 20 heavy (non-hydrogen) atoms. The zero-order valence-electron chi connectivity index (χ0n) is 12.6. The molecule has 0 spiro atoms. The van der Waals surface area contributed by atoms with Crippen LogP contribution in [0.4, 0.5) is 0 Å². The molecule has 2 aromatic rings. The van der Waals surface area contributed by atoms with Gasteiger partial charge in [-0.15, -0.1) is 0 Å². The Morgan fingerprint density at radius 2 is 1.80 bits per heavy atom. The summed E-state index contributed by atoms with van der Waals surface area (Å²) < 4.78 is 10.7. The van der Waals surface area contributed by atoms with Crippen molar-refractivity contribution in [2.75, 3.05) is 20.8 Å². The van der Waals surface area contributed by atoms with Crippen LogP contribution in [0.5, 0.6) is 11.5 Å².